The number of likely N-dealkylation sites (tertiary alicyclic amines) is 2. The number of aliphatic imine (C=N–C) groups is 1. The molecule has 6 rings (SSSR count). The van der Waals surface area contributed by atoms with Crippen molar-refractivity contribution in [2.45, 2.75) is 97.7 Å². The molecule has 2 N–H and O–H groups in total. The average molecular weight is 705 g/mol. The minimum Gasteiger partial charge on any atom is -0.453 e. The van der Waals surface area contributed by atoms with E-state index in [1.54, 1.807) is 0 Å². The van der Waals surface area contributed by atoms with E-state index < -0.39 is 12.1 Å². The first-order valence-corrected chi connectivity index (χ1v) is 18.9. The third-order valence-electron chi connectivity index (χ3n) is 11.5. The molecular formula is C42H52N6O4. The number of amides is 3. The number of hydrogen-bond donors (Lipinski definition) is 2. The van der Waals surface area contributed by atoms with Crippen molar-refractivity contribution in [2.75, 3.05) is 20.2 Å². The van der Waals surface area contributed by atoms with Gasteiger partial charge in [0.1, 0.15) is 11.9 Å². The highest BCUT2D eigenvalue weighted by Gasteiger charge is 2.39. The Morgan fingerprint density at radius 2 is 1.56 bits per heavy atom. The van der Waals surface area contributed by atoms with Gasteiger partial charge >= 0.3 is 6.09 Å². The summed E-state index contributed by atoms with van der Waals surface area (Å²) in [5, 5.41) is 2.75. The van der Waals surface area contributed by atoms with Crippen LogP contribution in [0.15, 0.2) is 53.7 Å². The molecule has 3 aromatic rings. The van der Waals surface area contributed by atoms with Crippen LogP contribution in [-0.4, -0.2) is 75.7 Å². The van der Waals surface area contributed by atoms with E-state index in [9.17, 15) is 14.4 Å². The number of carbonyl (C=O) groups is 3. The quantitative estimate of drug-likeness (QED) is 0.216. The lowest BCUT2D eigenvalue weighted by atomic mass is 9.91. The number of carbonyl (C=O) groups excluding carboxylic acids is 3. The van der Waals surface area contributed by atoms with Crippen LogP contribution in [0.1, 0.15) is 108 Å². The number of benzene rings is 2. The lowest BCUT2D eigenvalue weighted by molar-refractivity contribution is -0.136. The fourth-order valence-electron chi connectivity index (χ4n) is 7.60. The van der Waals surface area contributed by atoms with E-state index >= 15 is 0 Å². The van der Waals surface area contributed by atoms with E-state index in [4.69, 9.17) is 14.7 Å². The van der Waals surface area contributed by atoms with E-state index in [1.807, 2.05) is 55.3 Å². The molecule has 10 nitrogen and oxygen atoms in total. The maximum atomic E-state index is 13.7. The minimum absolute atomic E-state index is 0.0272. The van der Waals surface area contributed by atoms with Crippen LogP contribution in [0.2, 0.25) is 0 Å². The molecule has 0 saturated carbocycles. The van der Waals surface area contributed by atoms with Gasteiger partial charge in [-0.3, -0.25) is 14.6 Å². The smallest absolute Gasteiger partial charge is 0.407 e. The van der Waals surface area contributed by atoms with Gasteiger partial charge < -0.3 is 24.8 Å². The standard InChI is InChI=1S/C42H52N6O4/c1-7-26(3)28(5)40(49)47-21-9-11-36(47)35-24-32(25-43-35)31-18-15-29(16-19-31)13-14-30-17-20-33-34(23-30)45-39(44-33)37-12-10-22-48(37)41(50)38(27(4)8-2)46-42(51)52-6/h15-20,23,25-28,36-38H,7-12,21-22,24H2,1-6H3,(H,44,45)(H,46,51)/t26-,27-,28-,36-,37-,38-/m0/s1. The molecule has 0 unspecified atom stereocenters. The summed E-state index contributed by atoms with van der Waals surface area (Å²) in [4.78, 5) is 56.1. The first kappa shape index (κ1) is 36.9. The molecule has 0 bridgehead atoms. The summed E-state index contributed by atoms with van der Waals surface area (Å²) >= 11 is 0. The van der Waals surface area contributed by atoms with Crippen molar-refractivity contribution in [1.29, 1.82) is 0 Å². The molecule has 0 spiro atoms. The Kier molecular flexibility index (Phi) is 11.5. The van der Waals surface area contributed by atoms with Crippen molar-refractivity contribution in [1.82, 2.24) is 25.1 Å². The van der Waals surface area contributed by atoms with Gasteiger partial charge in [-0.25, -0.2) is 9.78 Å². The van der Waals surface area contributed by atoms with Gasteiger partial charge in [0, 0.05) is 48.5 Å². The summed E-state index contributed by atoms with van der Waals surface area (Å²) in [5.74, 6) is 7.83. The highest BCUT2D eigenvalue weighted by molar-refractivity contribution is 6.03. The van der Waals surface area contributed by atoms with Crippen molar-refractivity contribution in [3.05, 3.63) is 71.2 Å². The summed E-state index contributed by atoms with van der Waals surface area (Å²) in [5.41, 5.74) is 6.84. The molecule has 3 aliphatic rings. The summed E-state index contributed by atoms with van der Waals surface area (Å²) in [7, 11) is 1.31. The lowest BCUT2D eigenvalue weighted by Gasteiger charge is -2.30. The molecule has 274 valence electrons. The maximum Gasteiger partial charge on any atom is 0.407 e. The van der Waals surface area contributed by atoms with Gasteiger partial charge in [0.15, 0.2) is 0 Å². The predicted octanol–water partition coefficient (Wildman–Crippen LogP) is 7.26. The number of H-pyrrole nitrogens is 1. The number of alkyl carbamates (subject to hydrolysis) is 1. The molecule has 2 saturated heterocycles. The highest BCUT2D eigenvalue weighted by Crippen LogP contribution is 2.34. The zero-order chi connectivity index (χ0) is 36.9. The monoisotopic (exact) mass is 704 g/mol. The third-order valence-corrected chi connectivity index (χ3v) is 11.5. The molecule has 2 aromatic carbocycles. The summed E-state index contributed by atoms with van der Waals surface area (Å²) in [6.45, 7) is 11.8. The van der Waals surface area contributed by atoms with E-state index in [0.717, 1.165) is 90.8 Å². The van der Waals surface area contributed by atoms with Gasteiger partial charge in [-0.05, 0) is 79.0 Å². The molecule has 52 heavy (non-hydrogen) atoms. The number of allylic oxidation sites excluding steroid dienone is 1. The van der Waals surface area contributed by atoms with Crippen LogP contribution >= 0.6 is 0 Å². The van der Waals surface area contributed by atoms with Gasteiger partial charge in [0.05, 0.1) is 30.2 Å². The fourth-order valence-corrected chi connectivity index (χ4v) is 7.60. The van der Waals surface area contributed by atoms with Crippen LogP contribution in [0, 0.1) is 29.6 Å². The Morgan fingerprint density at radius 1 is 0.904 bits per heavy atom. The van der Waals surface area contributed by atoms with E-state index in [1.165, 1.54) is 12.7 Å². The Morgan fingerprint density at radius 3 is 2.25 bits per heavy atom. The van der Waals surface area contributed by atoms with Crippen LogP contribution in [-0.2, 0) is 14.3 Å². The molecule has 3 aliphatic heterocycles. The Bertz CT molecular complexity index is 1920. The van der Waals surface area contributed by atoms with Crippen molar-refractivity contribution < 1.29 is 19.1 Å². The van der Waals surface area contributed by atoms with Gasteiger partial charge in [-0.2, -0.15) is 0 Å². The fraction of sp³-hybridized carbons (Fsp3) is 0.500. The Hall–Kier alpha value is -4.91. The maximum absolute atomic E-state index is 13.7. The summed E-state index contributed by atoms with van der Waals surface area (Å²) in [6, 6.07) is 13.4. The largest absolute Gasteiger partial charge is 0.453 e. The SMILES string of the molecule is CC[C@H](C)[C@H](C)C(=O)N1CCC[C@H]1C1=NC=C(c2ccc(C#Cc3ccc4nc([C@@H]5CCCN5C(=O)[C@@H](NC(=O)OC)[C@@H](C)CC)[nH]c4c3)cc2)C1. The second kappa shape index (κ2) is 16.2. The number of ether oxygens (including phenoxy) is 1. The van der Waals surface area contributed by atoms with E-state index in [2.05, 4.69) is 59.9 Å². The molecule has 10 heteroatoms. The number of methoxy groups -OCH3 is 1. The number of rotatable bonds is 10. The van der Waals surface area contributed by atoms with Crippen molar-refractivity contribution >= 4 is 40.2 Å². The summed E-state index contributed by atoms with van der Waals surface area (Å²) < 4.78 is 4.80. The Labute approximate surface area is 307 Å². The molecular weight excluding hydrogens is 652 g/mol. The molecule has 0 aliphatic carbocycles. The second-order valence-corrected chi connectivity index (χ2v) is 14.7. The normalized spacial score (nSPS) is 20.8. The second-order valence-electron chi connectivity index (χ2n) is 14.7. The summed E-state index contributed by atoms with van der Waals surface area (Å²) in [6.07, 6.45) is 7.52. The van der Waals surface area contributed by atoms with Gasteiger partial charge in [0.25, 0.3) is 0 Å². The van der Waals surface area contributed by atoms with Gasteiger partial charge in [0.2, 0.25) is 11.8 Å². The van der Waals surface area contributed by atoms with Crippen molar-refractivity contribution in [3.8, 4) is 11.8 Å². The first-order valence-electron chi connectivity index (χ1n) is 18.9. The minimum atomic E-state index is -0.665. The lowest BCUT2D eigenvalue weighted by Crippen LogP contribution is -2.51. The topological polar surface area (TPSA) is 120 Å². The zero-order valence-corrected chi connectivity index (χ0v) is 31.4. The predicted molar refractivity (Wildman–Crippen MR) is 204 cm³/mol. The van der Waals surface area contributed by atoms with Crippen LogP contribution in [0.25, 0.3) is 16.6 Å². The number of nitrogens with zero attached hydrogens (tertiary/aromatic N) is 4. The molecule has 1 aromatic heterocycles. The molecule has 0 radical (unpaired) electrons. The number of aromatic nitrogens is 2. The number of fused-ring (bicyclic) bond motifs is 1. The third kappa shape index (κ3) is 7.79. The molecule has 4 heterocycles. The van der Waals surface area contributed by atoms with E-state index in [0.29, 0.717) is 12.5 Å². The van der Waals surface area contributed by atoms with Crippen LogP contribution in [0.4, 0.5) is 4.79 Å². The zero-order valence-electron chi connectivity index (χ0n) is 31.4. The van der Waals surface area contributed by atoms with Crippen molar-refractivity contribution in [2.24, 2.45) is 22.7 Å². The van der Waals surface area contributed by atoms with Crippen molar-refractivity contribution in [3.63, 3.8) is 0 Å². The van der Waals surface area contributed by atoms with E-state index in [-0.39, 0.29) is 35.7 Å². The van der Waals surface area contributed by atoms with Crippen LogP contribution < -0.4 is 5.32 Å². The highest BCUT2D eigenvalue weighted by atomic mass is 16.5. The number of aromatic amines is 1. The molecule has 6 atom stereocenters. The molecule has 3 amide bonds. The number of nitrogens with one attached hydrogen (secondary N) is 2. The van der Waals surface area contributed by atoms with Gasteiger partial charge in [-0.1, -0.05) is 71.4 Å². The first-order chi connectivity index (χ1) is 25.1. The van der Waals surface area contributed by atoms with Crippen LogP contribution in [0.5, 0.6) is 0 Å². The molecule has 2 fully saturated rings. The average Bonchev–Trinajstić information content (AvgIpc) is 4.00. The van der Waals surface area contributed by atoms with Crippen LogP contribution in [0.3, 0.4) is 0 Å². The Balaban J connectivity index is 1.09. The van der Waals surface area contributed by atoms with Gasteiger partial charge in [-0.15, -0.1) is 0 Å². The number of imidazole rings is 1. The number of hydrogen-bond acceptors (Lipinski definition) is 6.